The van der Waals surface area contributed by atoms with Crippen molar-refractivity contribution in [1.82, 2.24) is 9.62 Å². The zero-order chi connectivity index (χ0) is 18.3. The van der Waals surface area contributed by atoms with Crippen molar-refractivity contribution in [1.29, 1.82) is 0 Å². The molecule has 0 radical (unpaired) electrons. The smallest absolute Gasteiger partial charge is 0.348 e. The second-order valence-electron chi connectivity index (χ2n) is 6.74. The summed E-state index contributed by atoms with van der Waals surface area (Å²) in [6.07, 6.45) is 2.72. The molecule has 1 unspecified atom stereocenters. The predicted octanol–water partition coefficient (Wildman–Crippen LogP) is 2.59. The van der Waals surface area contributed by atoms with E-state index in [1.807, 2.05) is 0 Å². The van der Waals surface area contributed by atoms with Crippen LogP contribution in [0.1, 0.15) is 35.9 Å². The van der Waals surface area contributed by atoms with E-state index in [-0.39, 0.29) is 18.1 Å². The second kappa shape index (κ2) is 6.92. The van der Waals surface area contributed by atoms with Crippen LogP contribution in [0.15, 0.2) is 29.2 Å². The lowest BCUT2D eigenvalue weighted by Gasteiger charge is -2.27. The molecule has 26 heavy (non-hydrogen) atoms. The Bertz CT molecular complexity index is 928. The zero-order valence-corrected chi connectivity index (χ0v) is 16.2. The molecule has 6 nitrogen and oxygen atoms in total. The first-order chi connectivity index (χ1) is 12.5. The van der Waals surface area contributed by atoms with Crippen molar-refractivity contribution in [3.05, 3.63) is 29.1 Å². The first kappa shape index (κ1) is 17.9. The summed E-state index contributed by atoms with van der Waals surface area (Å²) >= 11 is 1.32. The van der Waals surface area contributed by atoms with Gasteiger partial charge in [-0.25, -0.2) is 13.2 Å². The minimum atomic E-state index is -3.55. The van der Waals surface area contributed by atoms with Crippen LogP contribution in [0.3, 0.4) is 0 Å². The SMILES string of the molecule is CCOC(=O)c1cc2cc(S(=O)(=O)N(C3CC3)C3CCNC3)ccc2s1. The van der Waals surface area contributed by atoms with Crippen LogP contribution in [0, 0.1) is 0 Å². The van der Waals surface area contributed by atoms with Gasteiger partial charge in [0.25, 0.3) is 0 Å². The van der Waals surface area contributed by atoms with Crippen molar-refractivity contribution < 1.29 is 17.9 Å². The molecule has 1 saturated heterocycles. The molecule has 1 N–H and O–H groups in total. The number of nitrogens with zero attached hydrogens (tertiary/aromatic N) is 1. The fraction of sp³-hybridized carbons (Fsp3) is 0.500. The summed E-state index contributed by atoms with van der Waals surface area (Å²) in [7, 11) is -3.55. The van der Waals surface area contributed by atoms with E-state index in [1.165, 1.54) is 11.3 Å². The van der Waals surface area contributed by atoms with Crippen LogP contribution >= 0.6 is 11.3 Å². The first-order valence-corrected chi connectivity index (χ1v) is 11.2. The van der Waals surface area contributed by atoms with Crippen molar-refractivity contribution in [2.75, 3.05) is 19.7 Å². The topological polar surface area (TPSA) is 75.7 Å². The molecule has 1 saturated carbocycles. The van der Waals surface area contributed by atoms with E-state index in [9.17, 15) is 13.2 Å². The normalized spacial score (nSPS) is 20.8. The van der Waals surface area contributed by atoms with Gasteiger partial charge >= 0.3 is 5.97 Å². The zero-order valence-electron chi connectivity index (χ0n) is 14.6. The van der Waals surface area contributed by atoms with Gasteiger partial charge in [0.2, 0.25) is 10.0 Å². The van der Waals surface area contributed by atoms with Crippen LogP contribution in [-0.4, -0.2) is 50.5 Å². The molecule has 2 aliphatic rings. The summed E-state index contributed by atoms with van der Waals surface area (Å²) in [5.74, 6) is -0.366. The average molecular weight is 395 g/mol. The summed E-state index contributed by atoms with van der Waals surface area (Å²) in [4.78, 5) is 12.7. The van der Waals surface area contributed by atoms with Gasteiger partial charge in [0.1, 0.15) is 4.88 Å². The maximum absolute atomic E-state index is 13.3. The lowest BCUT2D eigenvalue weighted by atomic mass is 10.2. The number of sulfonamides is 1. The first-order valence-electron chi connectivity index (χ1n) is 8.95. The van der Waals surface area contributed by atoms with E-state index in [0.29, 0.717) is 22.9 Å². The number of thiophene rings is 1. The molecule has 8 heteroatoms. The largest absolute Gasteiger partial charge is 0.462 e. The molecule has 140 valence electrons. The minimum absolute atomic E-state index is 0.0285. The number of ether oxygens (including phenoxy) is 1. The lowest BCUT2D eigenvalue weighted by molar-refractivity contribution is 0.0532. The molecule has 0 spiro atoms. The van der Waals surface area contributed by atoms with E-state index < -0.39 is 10.0 Å². The highest BCUT2D eigenvalue weighted by atomic mass is 32.2. The molecule has 1 aliphatic heterocycles. The third-order valence-corrected chi connectivity index (χ3v) is 7.94. The third kappa shape index (κ3) is 3.26. The molecule has 2 heterocycles. The molecule has 1 atom stereocenters. The van der Waals surface area contributed by atoms with Crippen molar-refractivity contribution in [2.45, 2.75) is 43.2 Å². The molecule has 1 aromatic heterocycles. The lowest BCUT2D eigenvalue weighted by Crippen LogP contribution is -2.43. The van der Waals surface area contributed by atoms with E-state index in [2.05, 4.69) is 5.32 Å². The number of carbonyl (C=O) groups excluding carboxylic acids is 1. The Kier molecular flexibility index (Phi) is 4.77. The van der Waals surface area contributed by atoms with Gasteiger partial charge in [0, 0.05) is 23.3 Å². The van der Waals surface area contributed by atoms with Gasteiger partial charge in [-0.1, -0.05) is 0 Å². The van der Waals surface area contributed by atoms with Crippen molar-refractivity contribution >= 4 is 37.4 Å². The summed E-state index contributed by atoms with van der Waals surface area (Å²) in [6, 6.07) is 6.99. The summed E-state index contributed by atoms with van der Waals surface area (Å²) in [5, 5.41) is 4.02. The second-order valence-corrected chi connectivity index (χ2v) is 9.67. The van der Waals surface area contributed by atoms with Gasteiger partial charge in [-0.3, -0.25) is 0 Å². The van der Waals surface area contributed by atoms with E-state index in [1.54, 1.807) is 35.5 Å². The number of hydrogen-bond acceptors (Lipinski definition) is 6. The number of benzene rings is 1. The van der Waals surface area contributed by atoms with Crippen LogP contribution in [-0.2, 0) is 14.8 Å². The number of nitrogens with one attached hydrogen (secondary N) is 1. The Hall–Kier alpha value is -1.48. The van der Waals surface area contributed by atoms with Crippen LogP contribution in [0.5, 0.6) is 0 Å². The molecule has 1 aromatic carbocycles. The highest BCUT2D eigenvalue weighted by molar-refractivity contribution is 7.89. The quantitative estimate of drug-likeness (QED) is 0.762. The Labute approximate surface area is 157 Å². The van der Waals surface area contributed by atoms with E-state index in [4.69, 9.17) is 4.74 Å². The van der Waals surface area contributed by atoms with Crippen LogP contribution in [0.25, 0.3) is 10.1 Å². The van der Waals surface area contributed by atoms with Gasteiger partial charge in [0.15, 0.2) is 0 Å². The number of carbonyl (C=O) groups is 1. The fourth-order valence-electron chi connectivity index (χ4n) is 3.48. The fourth-order valence-corrected chi connectivity index (χ4v) is 6.35. The maximum Gasteiger partial charge on any atom is 0.348 e. The van der Waals surface area contributed by atoms with Crippen molar-refractivity contribution in [3.63, 3.8) is 0 Å². The van der Waals surface area contributed by atoms with Gasteiger partial charge in [0.05, 0.1) is 11.5 Å². The highest BCUT2D eigenvalue weighted by Crippen LogP contribution is 2.37. The van der Waals surface area contributed by atoms with Gasteiger partial charge in [-0.15, -0.1) is 11.3 Å². The van der Waals surface area contributed by atoms with Crippen molar-refractivity contribution in [3.8, 4) is 0 Å². The Balaban J connectivity index is 1.69. The molecule has 2 aromatic rings. The van der Waals surface area contributed by atoms with Gasteiger partial charge in [-0.2, -0.15) is 4.31 Å². The van der Waals surface area contributed by atoms with Gasteiger partial charge in [-0.05, 0) is 62.4 Å². The van der Waals surface area contributed by atoms with Crippen LogP contribution in [0.2, 0.25) is 0 Å². The number of rotatable bonds is 6. The molecular weight excluding hydrogens is 372 g/mol. The minimum Gasteiger partial charge on any atom is -0.462 e. The third-order valence-electron chi connectivity index (χ3n) is 4.84. The monoisotopic (exact) mass is 394 g/mol. The molecule has 2 fully saturated rings. The average Bonchev–Trinajstić information content (AvgIpc) is 3.11. The summed E-state index contributed by atoms with van der Waals surface area (Å²) in [6.45, 7) is 3.65. The molecule has 0 amide bonds. The molecule has 1 aliphatic carbocycles. The molecule has 0 bridgehead atoms. The maximum atomic E-state index is 13.3. The predicted molar refractivity (Wildman–Crippen MR) is 101 cm³/mol. The molecule has 4 rings (SSSR count). The Morgan fingerprint density at radius 3 is 2.73 bits per heavy atom. The number of esters is 1. The number of hydrogen-bond donors (Lipinski definition) is 1. The highest BCUT2D eigenvalue weighted by Gasteiger charge is 2.43. The Morgan fingerprint density at radius 1 is 1.27 bits per heavy atom. The summed E-state index contributed by atoms with van der Waals surface area (Å²) < 4.78 is 34.2. The van der Waals surface area contributed by atoms with Crippen LogP contribution < -0.4 is 5.32 Å². The molecular formula is C18H22N2O4S2. The van der Waals surface area contributed by atoms with Crippen molar-refractivity contribution in [2.24, 2.45) is 0 Å². The van der Waals surface area contributed by atoms with Crippen LogP contribution in [0.4, 0.5) is 0 Å². The van der Waals surface area contributed by atoms with E-state index >= 15 is 0 Å². The Morgan fingerprint density at radius 2 is 2.08 bits per heavy atom. The van der Waals surface area contributed by atoms with E-state index in [0.717, 1.165) is 35.9 Å². The number of fused-ring (bicyclic) bond motifs is 1. The van der Waals surface area contributed by atoms with Gasteiger partial charge < -0.3 is 10.1 Å². The summed E-state index contributed by atoms with van der Waals surface area (Å²) in [5.41, 5.74) is 0. The standard InChI is InChI=1S/C18H22N2O4S2/c1-2-24-18(21)17-10-12-9-15(5-6-16(12)25-17)26(22,23)20(13-3-4-13)14-7-8-19-11-14/h5-6,9-10,13-14,19H,2-4,7-8,11H2,1H3.